The highest BCUT2D eigenvalue weighted by Crippen LogP contribution is 2.14. The van der Waals surface area contributed by atoms with Gasteiger partial charge in [0.25, 0.3) is 0 Å². The summed E-state index contributed by atoms with van der Waals surface area (Å²) in [4.78, 5) is 0. The number of thiocarbonyl (C=S) groups is 1. The molecule has 2 heteroatoms. The lowest BCUT2D eigenvalue weighted by molar-refractivity contribution is 0.348. The molecule has 0 bridgehead atoms. The molecule has 24 heavy (non-hydrogen) atoms. The van der Waals surface area contributed by atoms with Crippen LogP contribution in [-0.2, 0) is 4.74 Å². The van der Waals surface area contributed by atoms with E-state index in [2.05, 4.69) is 13.5 Å². The van der Waals surface area contributed by atoms with Crippen molar-refractivity contribution in [2.24, 2.45) is 0 Å². The van der Waals surface area contributed by atoms with Crippen molar-refractivity contribution in [3.8, 4) is 0 Å². The Kier molecular flexibility index (Phi) is 20.4. The molecule has 0 aromatic carbocycles. The summed E-state index contributed by atoms with van der Waals surface area (Å²) < 4.78 is 5.33. The highest BCUT2D eigenvalue weighted by molar-refractivity contribution is 7.80. The van der Waals surface area contributed by atoms with E-state index in [1.807, 2.05) is 0 Å². The minimum atomic E-state index is 0.553. The van der Waals surface area contributed by atoms with Crippen LogP contribution >= 0.6 is 12.2 Å². The van der Waals surface area contributed by atoms with Crippen LogP contribution < -0.4 is 0 Å². The maximum Gasteiger partial charge on any atom is 0.160 e. The van der Waals surface area contributed by atoms with Crippen LogP contribution in [0.2, 0.25) is 0 Å². The molecule has 0 unspecified atom stereocenters. The van der Waals surface area contributed by atoms with Crippen LogP contribution in [0.4, 0.5) is 0 Å². The van der Waals surface area contributed by atoms with Gasteiger partial charge in [-0.05, 0) is 18.6 Å². The third-order valence-electron chi connectivity index (χ3n) is 4.60. The number of rotatable bonds is 19. The Morgan fingerprint density at radius 3 is 1.46 bits per heavy atom. The average molecular weight is 355 g/mol. The Balaban J connectivity index is 3.05. The third kappa shape index (κ3) is 19.7. The molecule has 0 saturated heterocycles. The molecule has 0 rings (SSSR count). The molecular weight excluding hydrogens is 312 g/mol. The Bertz CT molecular complexity index is 275. The van der Waals surface area contributed by atoms with Crippen LogP contribution in [0.3, 0.4) is 0 Å². The maximum absolute atomic E-state index is 5.33. The highest BCUT2D eigenvalue weighted by Gasteiger charge is 1.97. The van der Waals surface area contributed by atoms with Crippen molar-refractivity contribution in [2.75, 3.05) is 6.61 Å². The van der Waals surface area contributed by atoms with Crippen molar-refractivity contribution < 1.29 is 4.74 Å². The zero-order valence-corrected chi connectivity index (χ0v) is 17.1. The first-order valence-electron chi connectivity index (χ1n) is 10.6. The fraction of sp³-hybridized carbons (Fsp3) is 0.864. The molecule has 0 spiro atoms. The van der Waals surface area contributed by atoms with Gasteiger partial charge in [0, 0.05) is 6.42 Å². The molecule has 0 N–H and O–H groups in total. The van der Waals surface area contributed by atoms with E-state index < -0.39 is 0 Å². The van der Waals surface area contributed by atoms with Gasteiger partial charge in [-0.25, -0.2) is 0 Å². The van der Waals surface area contributed by atoms with Crippen LogP contribution in [0, 0.1) is 0 Å². The van der Waals surface area contributed by atoms with Gasteiger partial charge in [0.1, 0.15) is 6.61 Å². The summed E-state index contributed by atoms with van der Waals surface area (Å²) >= 11 is 5.15. The second kappa shape index (κ2) is 20.7. The van der Waals surface area contributed by atoms with Gasteiger partial charge in [-0.15, -0.1) is 0 Å². The Labute approximate surface area is 157 Å². The van der Waals surface area contributed by atoms with Crippen molar-refractivity contribution in [2.45, 2.75) is 116 Å². The number of hydrogen-bond donors (Lipinski definition) is 0. The minimum Gasteiger partial charge on any atom is -0.483 e. The molecule has 0 saturated carbocycles. The molecule has 0 aliphatic heterocycles. The third-order valence-corrected chi connectivity index (χ3v) is 4.92. The van der Waals surface area contributed by atoms with E-state index in [1.165, 1.54) is 103 Å². The zero-order chi connectivity index (χ0) is 17.7. The number of hydrogen-bond acceptors (Lipinski definition) is 2. The molecule has 0 aliphatic carbocycles. The highest BCUT2D eigenvalue weighted by atomic mass is 32.1. The Hall–Kier alpha value is -0.370. The van der Waals surface area contributed by atoms with Crippen molar-refractivity contribution >= 4 is 17.3 Å². The molecule has 0 radical (unpaired) electrons. The molecule has 0 fully saturated rings. The lowest BCUT2D eigenvalue weighted by Gasteiger charge is -2.05. The molecule has 0 atom stereocenters. The normalized spacial score (nSPS) is 10.7. The van der Waals surface area contributed by atoms with Crippen molar-refractivity contribution in [3.63, 3.8) is 0 Å². The molecule has 142 valence electrons. The van der Waals surface area contributed by atoms with E-state index in [9.17, 15) is 0 Å². The quantitative estimate of drug-likeness (QED) is 0.131. The predicted molar refractivity (Wildman–Crippen MR) is 113 cm³/mol. The first kappa shape index (κ1) is 23.6. The Morgan fingerprint density at radius 1 is 0.708 bits per heavy atom. The largest absolute Gasteiger partial charge is 0.483 e. The summed E-state index contributed by atoms with van der Waals surface area (Å²) in [7, 11) is 0. The summed E-state index contributed by atoms with van der Waals surface area (Å²) in [5.74, 6) is 0. The van der Waals surface area contributed by atoms with E-state index in [0.717, 1.165) is 11.5 Å². The second-order valence-electron chi connectivity index (χ2n) is 7.02. The van der Waals surface area contributed by atoms with E-state index in [1.54, 1.807) is 6.08 Å². The smallest absolute Gasteiger partial charge is 0.160 e. The summed E-state index contributed by atoms with van der Waals surface area (Å²) in [6.07, 6.45) is 25.1. The van der Waals surface area contributed by atoms with Crippen molar-refractivity contribution in [1.82, 2.24) is 0 Å². The monoisotopic (exact) mass is 354 g/mol. The molecular formula is C22H42OS. The molecule has 0 amide bonds. The fourth-order valence-corrected chi connectivity index (χ4v) is 3.25. The summed E-state index contributed by atoms with van der Waals surface area (Å²) in [6, 6.07) is 0. The molecule has 0 aromatic rings. The van der Waals surface area contributed by atoms with Crippen molar-refractivity contribution in [1.29, 1.82) is 0 Å². The van der Waals surface area contributed by atoms with Gasteiger partial charge in [-0.2, -0.15) is 0 Å². The molecule has 1 nitrogen and oxygen atoms in total. The number of unbranched alkanes of at least 4 members (excludes halogenated alkanes) is 15. The van der Waals surface area contributed by atoms with E-state index in [0.29, 0.717) is 6.61 Å². The summed E-state index contributed by atoms with van der Waals surface area (Å²) in [6.45, 7) is 6.47. The predicted octanol–water partition coefficient (Wildman–Crippen LogP) is 8.17. The van der Waals surface area contributed by atoms with Gasteiger partial charge in [0.15, 0.2) is 5.05 Å². The molecule has 0 heterocycles. The lowest BCUT2D eigenvalue weighted by atomic mass is 10.0. The van der Waals surface area contributed by atoms with E-state index in [-0.39, 0.29) is 0 Å². The van der Waals surface area contributed by atoms with E-state index >= 15 is 0 Å². The first-order chi connectivity index (χ1) is 11.8. The van der Waals surface area contributed by atoms with Crippen LogP contribution in [0.1, 0.15) is 116 Å². The van der Waals surface area contributed by atoms with Gasteiger partial charge in [-0.3, -0.25) is 0 Å². The summed E-state index contributed by atoms with van der Waals surface area (Å²) in [5.41, 5.74) is 0. The van der Waals surface area contributed by atoms with Gasteiger partial charge < -0.3 is 4.74 Å². The molecule has 0 aliphatic rings. The Morgan fingerprint density at radius 2 is 1.08 bits per heavy atom. The topological polar surface area (TPSA) is 9.23 Å². The van der Waals surface area contributed by atoms with Gasteiger partial charge >= 0.3 is 0 Å². The maximum atomic E-state index is 5.33. The van der Waals surface area contributed by atoms with Gasteiger partial charge in [0.2, 0.25) is 0 Å². The average Bonchev–Trinajstić information content (AvgIpc) is 2.59. The number of ether oxygens (including phenoxy) is 1. The van der Waals surface area contributed by atoms with Crippen LogP contribution in [0.15, 0.2) is 12.7 Å². The zero-order valence-electron chi connectivity index (χ0n) is 16.3. The SMILES string of the molecule is C=CCOC(=S)CCCCCCCCCCCCCCCCCC. The second-order valence-corrected chi connectivity index (χ2v) is 7.48. The summed E-state index contributed by atoms with van der Waals surface area (Å²) in [5, 5.41) is 0.750. The fourth-order valence-electron chi connectivity index (χ4n) is 3.04. The van der Waals surface area contributed by atoms with Gasteiger partial charge in [-0.1, -0.05) is 116 Å². The standard InChI is InChI=1S/C22H42OS/c1-3-5-6-7-8-9-10-11-12-13-14-15-16-17-18-19-20-22(24)23-21-4-2/h4H,2-3,5-21H2,1H3. The molecule has 0 aromatic heterocycles. The minimum absolute atomic E-state index is 0.553. The van der Waals surface area contributed by atoms with Crippen LogP contribution in [0.25, 0.3) is 0 Å². The van der Waals surface area contributed by atoms with E-state index in [4.69, 9.17) is 17.0 Å². The first-order valence-corrected chi connectivity index (χ1v) is 11.0. The lowest BCUT2D eigenvalue weighted by Crippen LogP contribution is -2.01. The van der Waals surface area contributed by atoms with Crippen LogP contribution in [0.5, 0.6) is 0 Å². The van der Waals surface area contributed by atoms with Crippen molar-refractivity contribution in [3.05, 3.63) is 12.7 Å². The van der Waals surface area contributed by atoms with Gasteiger partial charge in [0.05, 0.1) is 0 Å². The van der Waals surface area contributed by atoms with Crippen LogP contribution in [-0.4, -0.2) is 11.7 Å².